The monoisotopic (exact) mass is 251 g/mol. The Morgan fingerprint density at radius 1 is 1.61 bits per heavy atom. The SMILES string of the molecule is Cc1c(CCC(=O)N(CCO)C2CC2)cnn1C. The third-order valence-corrected chi connectivity index (χ3v) is 3.59. The lowest BCUT2D eigenvalue weighted by Gasteiger charge is -2.21. The summed E-state index contributed by atoms with van der Waals surface area (Å²) in [5.74, 6) is 0.148. The van der Waals surface area contributed by atoms with Crippen LogP contribution < -0.4 is 0 Å². The van der Waals surface area contributed by atoms with E-state index in [1.807, 2.05) is 29.7 Å². The van der Waals surface area contributed by atoms with Gasteiger partial charge in [-0.3, -0.25) is 9.48 Å². The van der Waals surface area contributed by atoms with Crippen LogP contribution in [0, 0.1) is 6.92 Å². The highest BCUT2D eigenvalue weighted by Gasteiger charge is 2.31. The number of aryl methyl sites for hydroxylation is 2. The molecule has 1 amide bonds. The predicted octanol–water partition coefficient (Wildman–Crippen LogP) is 0.644. The molecule has 0 unspecified atom stereocenters. The highest BCUT2D eigenvalue weighted by Crippen LogP contribution is 2.27. The molecule has 1 aromatic heterocycles. The molecule has 0 radical (unpaired) electrons. The molecule has 100 valence electrons. The van der Waals surface area contributed by atoms with Crippen LogP contribution in [0.25, 0.3) is 0 Å². The fourth-order valence-electron chi connectivity index (χ4n) is 2.18. The van der Waals surface area contributed by atoms with Crippen LogP contribution in [0.1, 0.15) is 30.5 Å². The van der Waals surface area contributed by atoms with Crippen LogP contribution in [0.15, 0.2) is 6.20 Å². The van der Waals surface area contributed by atoms with E-state index in [0.717, 1.165) is 30.5 Å². The Kier molecular flexibility index (Phi) is 4.01. The number of carbonyl (C=O) groups excluding carboxylic acids is 1. The van der Waals surface area contributed by atoms with E-state index in [4.69, 9.17) is 5.11 Å². The van der Waals surface area contributed by atoms with Crippen LogP contribution in [-0.4, -0.2) is 44.9 Å². The third kappa shape index (κ3) is 2.90. The number of aliphatic hydroxyl groups excluding tert-OH is 1. The van der Waals surface area contributed by atoms with Crippen LogP contribution in [0.3, 0.4) is 0 Å². The van der Waals surface area contributed by atoms with Gasteiger partial charge in [-0.2, -0.15) is 5.10 Å². The molecule has 0 spiro atoms. The van der Waals surface area contributed by atoms with Gasteiger partial charge < -0.3 is 10.0 Å². The summed E-state index contributed by atoms with van der Waals surface area (Å²) < 4.78 is 1.83. The molecule has 1 saturated carbocycles. The second kappa shape index (κ2) is 5.52. The molecule has 1 aliphatic rings. The van der Waals surface area contributed by atoms with Crippen LogP contribution in [0.2, 0.25) is 0 Å². The summed E-state index contributed by atoms with van der Waals surface area (Å²) in [6.07, 6.45) is 5.22. The van der Waals surface area contributed by atoms with Gasteiger partial charge in [0.05, 0.1) is 12.8 Å². The van der Waals surface area contributed by atoms with Crippen molar-refractivity contribution in [3.63, 3.8) is 0 Å². The van der Waals surface area contributed by atoms with Crippen molar-refractivity contribution in [1.29, 1.82) is 0 Å². The van der Waals surface area contributed by atoms with Crippen molar-refractivity contribution in [2.24, 2.45) is 7.05 Å². The summed E-state index contributed by atoms with van der Waals surface area (Å²) in [5, 5.41) is 13.2. The predicted molar refractivity (Wildman–Crippen MR) is 68.1 cm³/mol. The van der Waals surface area contributed by atoms with Crippen LogP contribution in [-0.2, 0) is 18.3 Å². The average Bonchev–Trinajstić information content (AvgIpc) is 3.14. The fourth-order valence-corrected chi connectivity index (χ4v) is 2.18. The summed E-state index contributed by atoms with van der Waals surface area (Å²) in [4.78, 5) is 13.9. The highest BCUT2D eigenvalue weighted by molar-refractivity contribution is 5.77. The van der Waals surface area contributed by atoms with E-state index in [0.29, 0.717) is 19.0 Å². The largest absolute Gasteiger partial charge is 0.395 e. The zero-order valence-corrected chi connectivity index (χ0v) is 11.1. The fraction of sp³-hybridized carbons (Fsp3) is 0.692. The first-order valence-electron chi connectivity index (χ1n) is 6.51. The molecule has 0 bridgehead atoms. The van der Waals surface area contributed by atoms with Crippen molar-refractivity contribution in [3.05, 3.63) is 17.5 Å². The average molecular weight is 251 g/mol. The molecular formula is C13H21N3O2. The molecule has 0 atom stereocenters. The molecule has 0 aromatic carbocycles. The Bertz CT molecular complexity index is 424. The normalized spacial score (nSPS) is 14.8. The number of aromatic nitrogens is 2. The zero-order valence-electron chi connectivity index (χ0n) is 11.1. The van der Waals surface area contributed by atoms with Crippen molar-refractivity contribution in [3.8, 4) is 0 Å². The van der Waals surface area contributed by atoms with Crippen molar-refractivity contribution in [2.45, 2.75) is 38.6 Å². The van der Waals surface area contributed by atoms with Crippen molar-refractivity contribution in [1.82, 2.24) is 14.7 Å². The topological polar surface area (TPSA) is 58.4 Å². The van der Waals surface area contributed by atoms with E-state index >= 15 is 0 Å². The first kappa shape index (κ1) is 13.1. The number of hydrogen-bond acceptors (Lipinski definition) is 3. The molecule has 1 heterocycles. The van der Waals surface area contributed by atoms with E-state index in [-0.39, 0.29) is 12.5 Å². The highest BCUT2D eigenvalue weighted by atomic mass is 16.3. The Morgan fingerprint density at radius 3 is 2.83 bits per heavy atom. The third-order valence-electron chi connectivity index (χ3n) is 3.59. The van der Waals surface area contributed by atoms with Gasteiger partial charge in [-0.1, -0.05) is 0 Å². The Morgan fingerprint density at radius 2 is 2.33 bits per heavy atom. The van der Waals surface area contributed by atoms with Gasteiger partial charge in [0.2, 0.25) is 5.91 Å². The number of hydrogen-bond donors (Lipinski definition) is 1. The van der Waals surface area contributed by atoms with E-state index in [1.54, 1.807) is 0 Å². The standard InChI is InChI=1S/C13H21N3O2/c1-10-11(9-14-15(10)2)3-6-13(18)16(7-8-17)12-4-5-12/h9,12,17H,3-8H2,1-2H3. The minimum atomic E-state index is 0.0498. The molecule has 1 aliphatic carbocycles. The van der Waals surface area contributed by atoms with E-state index in [1.165, 1.54) is 0 Å². The van der Waals surface area contributed by atoms with Crippen molar-refractivity contribution in [2.75, 3.05) is 13.2 Å². The molecule has 5 heteroatoms. The quantitative estimate of drug-likeness (QED) is 0.807. The molecule has 5 nitrogen and oxygen atoms in total. The Labute approximate surface area is 107 Å². The maximum atomic E-state index is 12.1. The number of aliphatic hydroxyl groups is 1. The number of carbonyl (C=O) groups is 1. The van der Waals surface area contributed by atoms with Gasteiger partial charge in [-0.25, -0.2) is 0 Å². The number of rotatable bonds is 6. The smallest absolute Gasteiger partial charge is 0.223 e. The maximum Gasteiger partial charge on any atom is 0.223 e. The molecule has 1 aromatic rings. The van der Waals surface area contributed by atoms with Gasteiger partial charge in [-0.05, 0) is 31.7 Å². The molecule has 18 heavy (non-hydrogen) atoms. The van der Waals surface area contributed by atoms with Gasteiger partial charge >= 0.3 is 0 Å². The summed E-state index contributed by atoms with van der Waals surface area (Å²) in [5.41, 5.74) is 2.24. The molecule has 0 aliphatic heterocycles. The zero-order chi connectivity index (χ0) is 13.1. The van der Waals surface area contributed by atoms with Gasteiger partial charge in [0, 0.05) is 31.7 Å². The summed E-state index contributed by atoms with van der Waals surface area (Å²) in [6.45, 7) is 2.53. The van der Waals surface area contributed by atoms with E-state index in [9.17, 15) is 4.79 Å². The minimum Gasteiger partial charge on any atom is -0.395 e. The lowest BCUT2D eigenvalue weighted by atomic mass is 10.1. The summed E-state index contributed by atoms with van der Waals surface area (Å²) in [7, 11) is 1.91. The number of nitrogens with zero attached hydrogens (tertiary/aromatic N) is 3. The lowest BCUT2D eigenvalue weighted by Crippen LogP contribution is -2.35. The molecule has 0 saturated heterocycles. The first-order valence-corrected chi connectivity index (χ1v) is 6.51. The van der Waals surface area contributed by atoms with Gasteiger partial charge in [-0.15, -0.1) is 0 Å². The maximum absolute atomic E-state index is 12.1. The van der Waals surface area contributed by atoms with Gasteiger partial charge in [0.1, 0.15) is 0 Å². The van der Waals surface area contributed by atoms with Crippen molar-refractivity contribution >= 4 is 5.91 Å². The van der Waals surface area contributed by atoms with Crippen LogP contribution in [0.5, 0.6) is 0 Å². The van der Waals surface area contributed by atoms with Crippen molar-refractivity contribution < 1.29 is 9.90 Å². The van der Waals surface area contributed by atoms with E-state index < -0.39 is 0 Å². The molecule has 2 rings (SSSR count). The van der Waals surface area contributed by atoms with Gasteiger partial charge in [0.15, 0.2) is 0 Å². The van der Waals surface area contributed by atoms with Crippen LogP contribution >= 0.6 is 0 Å². The molecule has 1 fully saturated rings. The summed E-state index contributed by atoms with van der Waals surface area (Å²) in [6, 6.07) is 0.375. The Balaban J connectivity index is 1.88. The van der Waals surface area contributed by atoms with Gasteiger partial charge in [0.25, 0.3) is 0 Å². The van der Waals surface area contributed by atoms with E-state index in [2.05, 4.69) is 5.10 Å². The molecule has 1 N–H and O–H groups in total. The van der Waals surface area contributed by atoms with Crippen LogP contribution in [0.4, 0.5) is 0 Å². The number of amides is 1. The minimum absolute atomic E-state index is 0.0498. The lowest BCUT2D eigenvalue weighted by molar-refractivity contribution is -0.132. The Hall–Kier alpha value is -1.36. The molecular weight excluding hydrogens is 230 g/mol. The summed E-state index contributed by atoms with van der Waals surface area (Å²) >= 11 is 0. The first-order chi connectivity index (χ1) is 8.63. The second-order valence-electron chi connectivity index (χ2n) is 4.92. The second-order valence-corrected chi connectivity index (χ2v) is 4.92.